The summed E-state index contributed by atoms with van der Waals surface area (Å²) in [6.07, 6.45) is 0.631. The lowest BCUT2D eigenvalue weighted by Crippen LogP contribution is -2.28. The summed E-state index contributed by atoms with van der Waals surface area (Å²) < 4.78 is 13.2. The van der Waals surface area contributed by atoms with Gasteiger partial charge in [0.2, 0.25) is 0 Å². The van der Waals surface area contributed by atoms with E-state index in [4.69, 9.17) is 5.11 Å². The summed E-state index contributed by atoms with van der Waals surface area (Å²) in [7, 11) is 0. The van der Waals surface area contributed by atoms with E-state index in [1.165, 1.54) is 17.7 Å². The molecule has 2 aromatic rings. The van der Waals surface area contributed by atoms with Crippen molar-refractivity contribution in [1.82, 2.24) is 9.88 Å². The van der Waals surface area contributed by atoms with E-state index >= 15 is 0 Å². The summed E-state index contributed by atoms with van der Waals surface area (Å²) in [5, 5.41) is 28.8. The fraction of sp³-hybridized carbons (Fsp3) is 0.476. The zero-order valence-electron chi connectivity index (χ0n) is 15.5. The van der Waals surface area contributed by atoms with Crippen LogP contribution in [0.5, 0.6) is 5.75 Å². The minimum atomic E-state index is -0.956. The van der Waals surface area contributed by atoms with E-state index in [1.807, 2.05) is 18.2 Å². The van der Waals surface area contributed by atoms with Crippen molar-refractivity contribution in [2.24, 2.45) is 11.8 Å². The minimum absolute atomic E-state index is 0.176. The molecule has 1 aromatic carbocycles. The zero-order chi connectivity index (χ0) is 19.4. The Labute approximate surface area is 159 Å². The van der Waals surface area contributed by atoms with Crippen molar-refractivity contribution in [3.63, 3.8) is 0 Å². The fourth-order valence-electron chi connectivity index (χ4n) is 4.01. The number of benzene rings is 1. The van der Waals surface area contributed by atoms with Gasteiger partial charge in [-0.1, -0.05) is 35.9 Å². The molecule has 2 heterocycles. The maximum Gasteiger partial charge on any atom is 0.255 e. The van der Waals surface area contributed by atoms with E-state index in [2.05, 4.69) is 28.9 Å². The average molecular weight is 374 g/mol. The van der Waals surface area contributed by atoms with Crippen LogP contribution in [0.15, 0.2) is 42.5 Å². The molecule has 2 unspecified atom stereocenters. The first-order valence-corrected chi connectivity index (χ1v) is 9.38. The molecule has 1 saturated carbocycles. The Kier molecular flexibility index (Phi) is 6.42. The molecular formula is C21H27FN2O3. The molecule has 146 valence electrons. The number of rotatable bonds is 3. The van der Waals surface area contributed by atoms with E-state index in [0.717, 1.165) is 25.9 Å². The number of β-amino-alcohol motifs (C(OH)–C–C–N with tert-alkyl or cyclic N) is 1. The lowest BCUT2D eigenvalue weighted by molar-refractivity contribution is 0.109. The molecule has 0 radical (unpaired) electrons. The van der Waals surface area contributed by atoms with Gasteiger partial charge < -0.3 is 15.3 Å². The normalized spacial score (nSPS) is 25.6. The van der Waals surface area contributed by atoms with Gasteiger partial charge in [-0.3, -0.25) is 4.90 Å². The van der Waals surface area contributed by atoms with Crippen LogP contribution < -0.4 is 0 Å². The van der Waals surface area contributed by atoms with Crippen molar-refractivity contribution >= 4 is 0 Å². The molecule has 0 spiro atoms. The summed E-state index contributed by atoms with van der Waals surface area (Å²) in [6, 6.07) is 12.9. The highest BCUT2D eigenvalue weighted by molar-refractivity contribution is 5.21. The van der Waals surface area contributed by atoms with Gasteiger partial charge in [-0.2, -0.15) is 4.39 Å². The number of aromatic nitrogens is 1. The Morgan fingerprint density at radius 3 is 2.26 bits per heavy atom. The van der Waals surface area contributed by atoms with E-state index in [1.54, 1.807) is 0 Å². The lowest BCUT2D eigenvalue weighted by Gasteiger charge is -2.21. The molecule has 3 N–H and O–H groups in total. The SMILES string of the molecule is Cc1ccccc1.Oc1ccc(C(O)CN2C[C@H]3CC(O)C[C@H]3C2)nc1F. The third kappa shape index (κ3) is 5.25. The number of fused-ring (bicyclic) bond motifs is 1. The first kappa shape index (κ1) is 19.7. The number of aliphatic hydroxyl groups excluding tert-OH is 2. The van der Waals surface area contributed by atoms with Gasteiger partial charge in [0.05, 0.1) is 11.8 Å². The van der Waals surface area contributed by atoms with Gasteiger partial charge in [0.15, 0.2) is 5.75 Å². The van der Waals surface area contributed by atoms with Crippen molar-refractivity contribution < 1.29 is 19.7 Å². The number of halogens is 1. The Balaban J connectivity index is 0.000000253. The van der Waals surface area contributed by atoms with Gasteiger partial charge in [0.1, 0.15) is 6.10 Å². The predicted molar refractivity (Wildman–Crippen MR) is 101 cm³/mol. The van der Waals surface area contributed by atoms with Crippen LogP contribution in [0.25, 0.3) is 0 Å². The van der Waals surface area contributed by atoms with Gasteiger partial charge in [0.25, 0.3) is 5.95 Å². The second-order valence-electron chi connectivity index (χ2n) is 7.58. The molecule has 2 fully saturated rings. The molecule has 27 heavy (non-hydrogen) atoms. The molecule has 2 aliphatic rings. The van der Waals surface area contributed by atoms with E-state index in [0.29, 0.717) is 18.4 Å². The average Bonchev–Trinajstić information content (AvgIpc) is 3.15. The quantitative estimate of drug-likeness (QED) is 0.720. The summed E-state index contributed by atoms with van der Waals surface area (Å²) in [4.78, 5) is 5.70. The molecule has 0 amide bonds. The number of hydrogen-bond donors (Lipinski definition) is 3. The van der Waals surface area contributed by atoms with Crippen LogP contribution >= 0.6 is 0 Å². The van der Waals surface area contributed by atoms with Crippen molar-refractivity contribution in [3.05, 3.63) is 59.7 Å². The summed E-state index contributed by atoms with van der Waals surface area (Å²) in [5.74, 6) is -0.461. The molecule has 4 atom stereocenters. The summed E-state index contributed by atoms with van der Waals surface area (Å²) in [5.41, 5.74) is 1.56. The second-order valence-corrected chi connectivity index (χ2v) is 7.58. The third-order valence-electron chi connectivity index (χ3n) is 5.37. The molecule has 1 aliphatic heterocycles. The smallest absolute Gasteiger partial charge is 0.255 e. The van der Waals surface area contributed by atoms with E-state index < -0.39 is 17.8 Å². The van der Waals surface area contributed by atoms with Crippen LogP contribution in [0.3, 0.4) is 0 Å². The highest BCUT2D eigenvalue weighted by atomic mass is 19.1. The monoisotopic (exact) mass is 374 g/mol. The van der Waals surface area contributed by atoms with E-state index in [-0.39, 0.29) is 11.8 Å². The van der Waals surface area contributed by atoms with Crippen LogP contribution in [-0.4, -0.2) is 50.9 Å². The first-order valence-electron chi connectivity index (χ1n) is 9.38. The number of aliphatic hydroxyl groups is 2. The summed E-state index contributed by atoms with van der Waals surface area (Å²) in [6.45, 7) is 4.21. The van der Waals surface area contributed by atoms with Crippen molar-refractivity contribution in [1.29, 1.82) is 0 Å². The molecule has 1 aliphatic carbocycles. The van der Waals surface area contributed by atoms with Crippen molar-refractivity contribution in [2.45, 2.75) is 32.0 Å². The summed E-state index contributed by atoms with van der Waals surface area (Å²) >= 11 is 0. The van der Waals surface area contributed by atoms with Gasteiger partial charge in [-0.15, -0.1) is 0 Å². The Morgan fingerprint density at radius 1 is 1.11 bits per heavy atom. The number of pyridine rings is 1. The predicted octanol–water partition coefficient (Wildman–Crippen LogP) is 2.66. The van der Waals surface area contributed by atoms with E-state index in [9.17, 15) is 14.6 Å². The van der Waals surface area contributed by atoms with Crippen LogP contribution in [0, 0.1) is 24.7 Å². The third-order valence-corrected chi connectivity index (χ3v) is 5.37. The standard InChI is InChI=1S/C14H19FN2O3.C7H8/c15-14-12(19)2-1-11(16-14)13(20)7-17-5-8-3-10(18)4-9(8)6-17;1-7-5-3-2-4-6-7/h1-2,8-10,13,18-20H,3-7H2;2-6H,1H3/t8-,9+,10?,13?;. The van der Waals surface area contributed by atoms with Gasteiger partial charge >= 0.3 is 0 Å². The Hall–Kier alpha value is -2.02. The maximum absolute atomic E-state index is 13.2. The zero-order valence-corrected chi connectivity index (χ0v) is 15.5. The van der Waals surface area contributed by atoms with Crippen molar-refractivity contribution in [3.8, 4) is 5.75 Å². The maximum atomic E-state index is 13.2. The highest BCUT2D eigenvalue weighted by Crippen LogP contribution is 2.38. The Morgan fingerprint density at radius 2 is 1.74 bits per heavy atom. The van der Waals surface area contributed by atoms with Gasteiger partial charge in [0, 0.05) is 19.6 Å². The number of aromatic hydroxyl groups is 1. The van der Waals surface area contributed by atoms with Crippen LogP contribution in [0.4, 0.5) is 4.39 Å². The molecule has 5 nitrogen and oxygen atoms in total. The number of nitrogens with zero attached hydrogens (tertiary/aromatic N) is 2. The number of aryl methyl sites for hydroxylation is 1. The number of hydrogen-bond acceptors (Lipinski definition) is 5. The molecule has 6 heteroatoms. The minimum Gasteiger partial charge on any atom is -0.504 e. The molecule has 4 rings (SSSR count). The fourth-order valence-corrected chi connectivity index (χ4v) is 4.01. The Bertz CT molecular complexity index is 729. The highest BCUT2D eigenvalue weighted by Gasteiger charge is 2.40. The van der Waals surface area contributed by atoms with Crippen LogP contribution in [0.1, 0.15) is 30.2 Å². The molecule has 0 bridgehead atoms. The number of likely N-dealkylation sites (tertiary alicyclic amines) is 1. The molecule has 1 saturated heterocycles. The first-order chi connectivity index (χ1) is 12.9. The topological polar surface area (TPSA) is 76.8 Å². The van der Waals surface area contributed by atoms with Crippen molar-refractivity contribution in [2.75, 3.05) is 19.6 Å². The van der Waals surface area contributed by atoms with Crippen LogP contribution in [-0.2, 0) is 0 Å². The molecule has 1 aromatic heterocycles. The second kappa shape index (κ2) is 8.78. The van der Waals surface area contributed by atoms with Gasteiger partial charge in [-0.05, 0) is 43.7 Å². The lowest BCUT2D eigenvalue weighted by atomic mass is 10.0. The molecular weight excluding hydrogens is 347 g/mol. The largest absolute Gasteiger partial charge is 0.504 e. The van der Waals surface area contributed by atoms with Gasteiger partial charge in [-0.25, -0.2) is 4.98 Å². The van der Waals surface area contributed by atoms with Crippen LogP contribution in [0.2, 0.25) is 0 Å².